The van der Waals surface area contributed by atoms with E-state index in [0.29, 0.717) is 0 Å². The fraction of sp³-hybridized carbons (Fsp3) is 0.286. The summed E-state index contributed by atoms with van der Waals surface area (Å²) in [5, 5.41) is 0. The molecule has 1 aromatic heterocycles. The molecule has 0 radical (unpaired) electrons. The quantitative estimate of drug-likeness (QED) is 0.320. The van der Waals surface area contributed by atoms with Gasteiger partial charge < -0.3 is 17.3 Å². The molecule has 0 fully saturated rings. The van der Waals surface area contributed by atoms with Crippen LogP contribution in [-0.2, 0) is 6.54 Å². The molecule has 0 unspecified atom stereocenters. The highest BCUT2D eigenvalue weighted by molar-refractivity contribution is 9.10. The van der Waals surface area contributed by atoms with Crippen molar-refractivity contribution in [2.24, 2.45) is 0 Å². The Hall–Kier alpha value is -0.585. The fourth-order valence-corrected chi connectivity index (χ4v) is 1.23. The lowest BCUT2D eigenvalue weighted by atomic mass is 10.3. The Labute approximate surface area is 88.0 Å². The summed E-state index contributed by atoms with van der Waals surface area (Å²) in [5.41, 5.74) is 0. The summed E-state index contributed by atoms with van der Waals surface area (Å²) in [7, 11) is -6.00. The van der Waals surface area contributed by atoms with Crippen LogP contribution in [0.15, 0.2) is 29.0 Å². The average molecular weight is 274 g/mol. The Bertz CT molecular complexity index is 273. The molecule has 0 aliphatic rings. The van der Waals surface area contributed by atoms with E-state index < -0.39 is 7.25 Å². The highest BCUT2D eigenvalue weighted by Crippen LogP contribution is 2.06. The first-order chi connectivity index (χ1) is 6.34. The van der Waals surface area contributed by atoms with E-state index in [4.69, 9.17) is 0 Å². The van der Waals surface area contributed by atoms with Crippen LogP contribution in [-0.4, -0.2) is 7.25 Å². The maximum Gasteiger partial charge on any atom is 0.673 e. The second-order valence-electron chi connectivity index (χ2n) is 2.30. The molecule has 0 aliphatic carbocycles. The molecule has 0 N–H and O–H groups in total. The number of pyridine rings is 1. The number of halogens is 5. The number of hydrogen-bond donors (Lipinski definition) is 0. The van der Waals surface area contributed by atoms with Gasteiger partial charge in [0.25, 0.3) is 0 Å². The lowest BCUT2D eigenvalue weighted by Gasteiger charge is -1.94. The van der Waals surface area contributed by atoms with E-state index in [2.05, 4.69) is 27.4 Å². The minimum Gasteiger partial charge on any atom is -0.418 e. The highest BCUT2D eigenvalue weighted by atomic mass is 79.9. The number of rotatable bonds is 1. The van der Waals surface area contributed by atoms with Crippen LogP contribution in [0.3, 0.4) is 0 Å². The van der Waals surface area contributed by atoms with Gasteiger partial charge in [-0.3, -0.25) is 0 Å². The van der Waals surface area contributed by atoms with E-state index in [1.165, 1.54) is 0 Å². The molecule has 1 aromatic rings. The van der Waals surface area contributed by atoms with Crippen LogP contribution in [0.25, 0.3) is 0 Å². The van der Waals surface area contributed by atoms with Crippen LogP contribution >= 0.6 is 15.9 Å². The van der Waals surface area contributed by atoms with Gasteiger partial charge in [-0.15, -0.1) is 0 Å². The molecule has 0 spiro atoms. The normalized spacial score (nSPS) is 10.4. The smallest absolute Gasteiger partial charge is 0.418 e. The number of nitrogens with zero attached hydrogens (tertiary/aromatic N) is 1. The zero-order valence-corrected chi connectivity index (χ0v) is 9.02. The minimum absolute atomic E-state index is 1.02. The Balaban J connectivity index is 0.000000292. The van der Waals surface area contributed by atoms with Gasteiger partial charge in [0.2, 0.25) is 4.60 Å². The van der Waals surface area contributed by atoms with Crippen molar-refractivity contribution in [2.45, 2.75) is 13.5 Å². The lowest BCUT2D eigenvalue weighted by Crippen LogP contribution is -2.32. The standard InChI is InChI=1S/C7H9BrN.BF4/c1-2-9-6-4-3-5-7(9)8;2-1(3,4)5/h3-6H,2H2,1H3;/q+1;-1. The minimum atomic E-state index is -6.00. The SMILES string of the molecule is CC[n+]1ccccc1Br.F[B-](F)(F)F. The van der Waals surface area contributed by atoms with Crippen molar-refractivity contribution in [3.63, 3.8) is 0 Å². The van der Waals surface area contributed by atoms with Gasteiger partial charge in [-0.1, -0.05) is 0 Å². The first-order valence-electron chi connectivity index (χ1n) is 3.86. The second kappa shape index (κ2) is 6.00. The Morgan fingerprint density at radius 2 is 1.79 bits per heavy atom. The summed E-state index contributed by atoms with van der Waals surface area (Å²) >= 11 is 3.42. The summed E-state index contributed by atoms with van der Waals surface area (Å²) in [4.78, 5) is 0. The second-order valence-corrected chi connectivity index (χ2v) is 3.12. The van der Waals surface area contributed by atoms with E-state index in [1.54, 1.807) is 0 Å². The fourth-order valence-electron chi connectivity index (χ4n) is 0.712. The number of aryl methyl sites for hydroxylation is 1. The third kappa shape index (κ3) is 8.03. The van der Waals surface area contributed by atoms with Crippen LogP contribution < -0.4 is 4.57 Å². The van der Waals surface area contributed by atoms with Gasteiger partial charge in [-0.2, -0.15) is 4.57 Å². The molecule has 0 amide bonds. The molecule has 1 heterocycles. The van der Waals surface area contributed by atoms with Crippen LogP contribution in [0.5, 0.6) is 0 Å². The van der Waals surface area contributed by atoms with E-state index in [0.717, 1.165) is 11.1 Å². The van der Waals surface area contributed by atoms with Gasteiger partial charge >= 0.3 is 7.25 Å². The molecule has 0 saturated carbocycles. The molecule has 1 rings (SSSR count). The summed E-state index contributed by atoms with van der Waals surface area (Å²) < 4.78 is 42.3. The predicted molar refractivity (Wildman–Crippen MR) is 50.2 cm³/mol. The van der Waals surface area contributed by atoms with Crippen molar-refractivity contribution in [1.29, 1.82) is 0 Å². The molecule has 14 heavy (non-hydrogen) atoms. The first-order valence-corrected chi connectivity index (χ1v) is 4.65. The zero-order chi connectivity index (χ0) is 11.2. The van der Waals surface area contributed by atoms with Crippen molar-refractivity contribution in [3.8, 4) is 0 Å². The molecule has 0 bridgehead atoms. The molecule has 0 saturated heterocycles. The van der Waals surface area contributed by atoms with Gasteiger partial charge in [0.15, 0.2) is 6.20 Å². The molecule has 7 heteroatoms. The van der Waals surface area contributed by atoms with Crippen LogP contribution in [0.2, 0.25) is 0 Å². The van der Waals surface area contributed by atoms with E-state index in [9.17, 15) is 17.3 Å². The lowest BCUT2D eigenvalue weighted by molar-refractivity contribution is -0.704. The molecule has 1 nitrogen and oxygen atoms in total. The van der Waals surface area contributed by atoms with Crippen LogP contribution in [0.1, 0.15) is 6.92 Å². The van der Waals surface area contributed by atoms with Gasteiger partial charge in [0.05, 0.1) is 0 Å². The van der Waals surface area contributed by atoms with Crippen LogP contribution in [0, 0.1) is 0 Å². The number of aromatic nitrogens is 1. The van der Waals surface area contributed by atoms with Gasteiger partial charge in [0.1, 0.15) is 6.54 Å². The third-order valence-electron chi connectivity index (χ3n) is 1.23. The highest BCUT2D eigenvalue weighted by Gasteiger charge is 2.20. The summed E-state index contributed by atoms with van der Waals surface area (Å²) in [5.74, 6) is 0. The molecule has 80 valence electrons. The summed E-state index contributed by atoms with van der Waals surface area (Å²) in [6.07, 6.45) is 2.05. The molecule has 0 atom stereocenters. The number of hydrogen-bond acceptors (Lipinski definition) is 0. The topological polar surface area (TPSA) is 3.88 Å². The van der Waals surface area contributed by atoms with E-state index in [-0.39, 0.29) is 0 Å². The Morgan fingerprint density at radius 1 is 1.29 bits per heavy atom. The Morgan fingerprint density at radius 3 is 2.07 bits per heavy atom. The summed E-state index contributed by atoms with van der Waals surface area (Å²) in [6.45, 7) is 3.13. The first kappa shape index (κ1) is 13.4. The van der Waals surface area contributed by atoms with Crippen LogP contribution in [0.4, 0.5) is 17.3 Å². The molecular formula is C7H9BBrF4N. The predicted octanol–water partition coefficient (Wildman–Crippen LogP) is 3.06. The van der Waals surface area contributed by atoms with Gasteiger partial charge in [-0.25, -0.2) is 0 Å². The monoisotopic (exact) mass is 273 g/mol. The maximum atomic E-state index is 9.75. The Kier molecular flexibility index (Phi) is 5.75. The molecular weight excluding hydrogens is 265 g/mol. The van der Waals surface area contributed by atoms with Crippen molar-refractivity contribution >= 4 is 23.2 Å². The van der Waals surface area contributed by atoms with Crippen molar-refractivity contribution in [3.05, 3.63) is 29.0 Å². The van der Waals surface area contributed by atoms with Gasteiger partial charge in [0, 0.05) is 28.1 Å². The van der Waals surface area contributed by atoms with E-state index >= 15 is 0 Å². The van der Waals surface area contributed by atoms with E-state index in [1.807, 2.05) is 24.4 Å². The van der Waals surface area contributed by atoms with Gasteiger partial charge in [-0.05, 0) is 13.0 Å². The zero-order valence-electron chi connectivity index (χ0n) is 7.43. The van der Waals surface area contributed by atoms with Crippen molar-refractivity contribution in [1.82, 2.24) is 0 Å². The third-order valence-corrected chi connectivity index (χ3v) is 1.95. The summed E-state index contributed by atoms with van der Waals surface area (Å²) in [6, 6.07) is 6.06. The van der Waals surface area contributed by atoms with Crippen molar-refractivity contribution < 1.29 is 21.8 Å². The van der Waals surface area contributed by atoms with Crippen molar-refractivity contribution in [2.75, 3.05) is 0 Å². The molecule has 0 aliphatic heterocycles. The maximum absolute atomic E-state index is 9.75. The molecule has 0 aromatic carbocycles. The largest absolute Gasteiger partial charge is 0.673 e. The average Bonchev–Trinajstić information content (AvgIpc) is 2.02.